The highest BCUT2D eigenvalue weighted by molar-refractivity contribution is 7.14. The Morgan fingerprint density at radius 2 is 1.93 bits per heavy atom. The van der Waals surface area contributed by atoms with Crippen LogP contribution in [0.2, 0.25) is 0 Å². The van der Waals surface area contributed by atoms with Crippen molar-refractivity contribution in [3.8, 4) is 28.3 Å². The van der Waals surface area contributed by atoms with E-state index >= 15 is 0 Å². The topological polar surface area (TPSA) is 86.9 Å². The number of methoxy groups -OCH3 is 1. The Hall–Kier alpha value is -3.97. The summed E-state index contributed by atoms with van der Waals surface area (Å²) in [7, 11) is 1.24. The van der Waals surface area contributed by atoms with Gasteiger partial charge in [-0.05, 0) is 62.4 Å². The van der Waals surface area contributed by atoms with Crippen LogP contribution in [0.4, 0.5) is 22.7 Å². The lowest BCUT2D eigenvalue weighted by Gasteiger charge is -2.39. The molecule has 8 nitrogen and oxygen atoms in total. The van der Waals surface area contributed by atoms with Crippen LogP contribution in [0.25, 0.3) is 22.5 Å². The third-order valence-corrected chi connectivity index (χ3v) is 9.02. The zero-order valence-corrected chi connectivity index (χ0v) is 25.4. The van der Waals surface area contributed by atoms with Crippen LogP contribution >= 0.6 is 11.3 Å². The molecular formula is C32H31F4N3O5S. The molecule has 2 fully saturated rings. The molecule has 0 spiro atoms. The molecule has 2 aromatic carbocycles. The summed E-state index contributed by atoms with van der Waals surface area (Å²) in [4.78, 5) is 18.7. The maximum atomic E-state index is 14.9. The summed E-state index contributed by atoms with van der Waals surface area (Å²) in [5, 5.41) is 6.74. The van der Waals surface area contributed by atoms with E-state index < -0.39 is 18.1 Å². The number of nitrogens with zero attached hydrogens (tertiary/aromatic N) is 3. The van der Waals surface area contributed by atoms with Crippen molar-refractivity contribution in [3.63, 3.8) is 0 Å². The Labute approximate surface area is 260 Å². The average molecular weight is 646 g/mol. The molecule has 1 aliphatic carbocycles. The van der Waals surface area contributed by atoms with Gasteiger partial charge in [0.2, 0.25) is 0 Å². The van der Waals surface area contributed by atoms with Crippen LogP contribution < -0.4 is 9.64 Å². The second-order valence-electron chi connectivity index (χ2n) is 11.1. The lowest BCUT2D eigenvalue weighted by molar-refractivity contribution is -0.274. The van der Waals surface area contributed by atoms with Crippen molar-refractivity contribution in [3.05, 3.63) is 70.5 Å². The van der Waals surface area contributed by atoms with E-state index in [1.807, 2.05) is 0 Å². The van der Waals surface area contributed by atoms with E-state index in [0.717, 1.165) is 30.5 Å². The molecule has 3 heterocycles. The number of carbonyl (C=O) groups is 1. The smallest absolute Gasteiger partial charge is 0.465 e. The number of esters is 1. The van der Waals surface area contributed by atoms with E-state index in [9.17, 15) is 22.4 Å². The van der Waals surface area contributed by atoms with Gasteiger partial charge in [-0.25, -0.2) is 14.2 Å². The fourth-order valence-electron chi connectivity index (χ4n) is 5.71. The molecule has 238 valence electrons. The standard InChI is InChI=1S/C32H31F4N3O5S/c1-3-20-15-21(12-13-39(20)31-37-26(17-45-31)22-11-10-19(14-25(22)33)30(40)41-2)42-16-24-28(38-44-29(24)18-8-9-18)23-6-4-5-7-27(23)43-32(34,35)36/h4-7,10-11,14,17-18,20-21H,3,8-9,12-13,15-16H2,1-2H3/t20-,21-/m1/s1. The van der Waals surface area contributed by atoms with E-state index in [2.05, 4.69) is 26.5 Å². The Morgan fingerprint density at radius 3 is 2.64 bits per heavy atom. The number of benzene rings is 2. The van der Waals surface area contributed by atoms with Gasteiger partial charge in [-0.3, -0.25) is 0 Å². The van der Waals surface area contributed by atoms with Crippen LogP contribution in [-0.4, -0.2) is 48.3 Å². The Kier molecular flexibility index (Phi) is 8.82. The average Bonchev–Trinajstić information content (AvgIpc) is 3.60. The van der Waals surface area contributed by atoms with Gasteiger partial charge >= 0.3 is 12.3 Å². The predicted octanol–water partition coefficient (Wildman–Crippen LogP) is 8.13. The van der Waals surface area contributed by atoms with Crippen molar-refractivity contribution in [1.82, 2.24) is 10.1 Å². The van der Waals surface area contributed by atoms with Crippen molar-refractivity contribution in [2.24, 2.45) is 0 Å². The highest BCUT2D eigenvalue weighted by atomic mass is 32.1. The largest absolute Gasteiger partial charge is 0.573 e. The summed E-state index contributed by atoms with van der Waals surface area (Å²) >= 11 is 1.43. The molecule has 4 aromatic rings. The summed E-state index contributed by atoms with van der Waals surface area (Å²) < 4.78 is 75.2. The molecule has 1 saturated heterocycles. The van der Waals surface area contributed by atoms with Gasteiger partial charge in [0.25, 0.3) is 0 Å². The summed E-state index contributed by atoms with van der Waals surface area (Å²) in [5.74, 6) is -0.687. The van der Waals surface area contributed by atoms with E-state index in [-0.39, 0.29) is 41.5 Å². The van der Waals surface area contributed by atoms with E-state index in [0.29, 0.717) is 47.7 Å². The minimum atomic E-state index is -4.85. The highest BCUT2D eigenvalue weighted by Gasteiger charge is 2.37. The number of rotatable bonds is 10. The highest BCUT2D eigenvalue weighted by Crippen LogP contribution is 2.46. The zero-order valence-electron chi connectivity index (χ0n) is 24.6. The van der Waals surface area contributed by atoms with Gasteiger partial charge in [0.15, 0.2) is 5.13 Å². The number of alkyl halides is 3. The van der Waals surface area contributed by atoms with Gasteiger partial charge in [0.05, 0.1) is 31.1 Å². The molecule has 2 aromatic heterocycles. The summed E-state index contributed by atoms with van der Waals surface area (Å²) in [6, 6.07) is 10.2. The lowest BCUT2D eigenvalue weighted by Crippen LogP contribution is -2.44. The second-order valence-corrected chi connectivity index (χ2v) is 11.9. The summed E-state index contributed by atoms with van der Waals surface area (Å²) in [6.07, 6.45) is -0.876. The minimum absolute atomic E-state index is 0.106. The van der Waals surface area contributed by atoms with Crippen molar-refractivity contribution >= 4 is 22.4 Å². The Morgan fingerprint density at radius 1 is 1.13 bits per heavy atom. The van der Waals surface area contributed by atoms with Gasteiger partial charge in [-0.15, -0.1) is 24.5 Å². The fraction of sp³-hybridized carbons (Fsp3) is 0.406. The van der Waals surface area contributed by atoms with Gasteiger partial charge in [0.1, 0.15) is 23.0 Å². The van der Waals surface area contributed by atoms with Crippen LogP contribution in [-0.2, 0) is 16.1 Å². The number of ether oxygens (including phenoxy) is 3. The fourth-order valence-corrected chi connectivity index (χ4v) is 6.63. The monoisotopic (exact) mass is 645 g/mol. The number of carbonyl (C=O) groups excluding carboxylic acids is 1. The number of halogens is 4. The molecule has 13 heteroatoms. The van der Waals surface area contributed by atoms with E-state index in [4.69, 9.17) is 14.2 Å². The maximum absolute atomic E-state index is 14.9. The van der Waals surface area contributed by atoms with Crippen LogP contribution in [0.5, 0.6) is 5.75 Å². The van der Waals surface area contributed by atoms with Crippen molar-refractivity contribution in [1.29, 1.82) is 0 Å². The molecule has 1 saturated carbocycles. The molecule has 45 heavy (non-hydrogen) atoms. The number of para-hydroxylation sites is 1. The predicted molar refractivity (Wildman–Crippen MR) is 159 cm³/mol. The molecule has 1 aliphatic heterocycles. The third kappa shape index (κ3) is 6.84. The number of hydrogen-bond donors (Lipinski definition) is 0. The molecule has 0 unspecified atom stereocenters. The van der Waals surface area contributed by atoms with Gasteiger partial charge in [0, 0.05) is 40.6 Å². The van der Waals surface area contributed by atoms with Gasteiger partial charge in [-0.2, -0.15) is 0 Å². The van der Waals surface area contributed by atoms with Crippen LogP contribution in [0.3, 0.4) is 0 Å². The molecule has 6 rings (SSSR count). The zero-order chi connectivity index (χ0) is 31.7. The van der Waals surface area contributed by atoms with Crippen LogP contribution in [0.1, 0.15) is 66.6 Å². The van der Waals surface area contributed by atoms with Crippen molar-refractivity contribution < 1.29 is 41.1 Å². The van der Waals surface area contributed by atoms with E-state index in [1.54, 1.807) is 11.4 Å². The first-order valence-corrected chi connectivity index (χ1v) is 15.6. The third-order valence-electron chi connectivity index (χ3n) is 8.14. The molecule has 2 atom stereocenters. The number of thiazole rings is 1. The van der Waals surface area contributed by atoms with E-state index in [1.165, 1.54) is 48.8 Å². The first-order valence-electron chi connectivity index (χ1n) is 14.7. The molecule has 2 aliphatic rings. The Bertz CT molecular complexity index is 1670. The second kappa shape index (κ2) is 12.8. The van der Waals surface area contributed by atoms with Crippen molar-refractivity contribution in [2.75, 3.05) is 18.6 Å². The first kappa shape index (κ1) is 31.0. The number of anilines is 1. The minimum Gasteiger partial charge on any atom is -0.465 e. The Balaban J connectivity index is 1.16. The van der Waals surface area contributed by atoms with Crippen molar-refractivity contribution in [2.45, 2.75) is 70.1 Å². The maximum Gasteiger partial charge on any atom is 0.573 e. The first-order chi connectivity index (χ1) is 21.6. The molecule has 0 N–H and O–H groups in total. The van der Waals surface area contributed by atoms with Gasteiger partial charge < -0.3 is 23.6 Å². The molecular weight excluding hydrogens is 614 g/mol. The van der Waals surface area contributed by atoms with Crippen LogP contribution in [0.15, 0.2) is 52.4 Å². The summed E-state index contributed by atoms with van der Waals surface area (Å²) in [6.45, 7) is 2.89. The number of hydrogen-bond acceptors (Lipinski definition) is 9. The quantitative estimate of drug-likeness (QED) is 0.126. The van der Waals surface area contributed by atoms with Gasteiger partial charge in [-0.1, -0.05) is 24.2 Å². The SMILES string of the molecule is CC[C@@H]1C[C@H](OCc2c(-c3ccccc3OC(F)(F)F)noc2C2CC2)CCN1c1nc(-c2ccc(C(=O)OC)cc2F)cs1. The molecule has 0 radical (unpaired) electrons. The normalized spacial score (nSPS) is 18.7. The lowest BCUT2D eigenvalue weighted by atomic mass is 9.97. The number of aromatic nitrogens is 2. The molecule has 0 amide bonds. The summed E-state index contributed by atoms with van der Waals surface area (Å²) in [5.41, 5.74) is 2.05. The molecule has 0 bridgehead atoms. The van der Waals surface area contributed by atoms with Crippen LogP contribution in [0, 0.1) is 5.82 Å². The number of piperidine rings is 1.